The maximum Gasteiger partial charge on any atom is 0.339 e. The molecule has 218 valence electrons. The van der Waals surface area contributed by atoms with E-state index in [9.17, 15) is 18.4 Å². The van der Waals surface area contributed by atoms with Crippen molar-refractivity contribution >= 4 is 36.0 Å². The Morgan fingerprint density at radius 2 is 1.19 bits per heavy atom. The zero-order valence-electron chi connectivity index (χ0n) is 23.1. The highest BCUT2D eigenvalue weighted by Gasteiger charge is 2.36. The molecule has 0 spiro atoms. The molecule has 8 nitrogen and oxygen atoms in total. The van der Waals surface area contributed by atoms with Crippen molar-refractivity contribution in [2.45, 2.75) is 37.8 Å². The second-order valence-corrected chi connectivity index (χ2v) is 10.5. The Kier molecular flexibility index (Phi) is 8.49. The molecule has 0 radical (unpaired) electrons. The van der Waals surface area contributed by atoms with Crippen molar-refractivity contribution in [2.24, 2.45) is 0 Å². The summed E-state index contributed by atoms with van der Waals surface area (Å²) < 4.78 is 30.8. The number of hydrogen-bond donors (Lipinski definition) is 3. The molecular formula is C31H29ClF2N4O4. The molecule has 2 aliphatic rings. The van der Waals surface area contributed by atoms with Crippen molar-refractivity contribution < 1.29 is 28.2 Å². The van der Waals surface area contributed by atoms with Gasteiger partial charge in [0, 0.05) is 25.2 Å². The van der Waals surface area contributed by atoms with Crippen LogP contribution in [0.5, 0.6) is 0 Å². The number of fused-ring (bicyclic) bond motifs is 2. The van der Waals surface area contributed by atoms with Crippen LogP contribution in [0.25, 0.3) is 0 Å². The van der Waals surface area contributed by atoms with Crippen molar-refractivity contribution in [3.8, 4) is 0 Å². The van der Waals surface area contributed by atoms with Gasteiger partial charge >= 0.3 is 11.9 Å². The quantitative estimate of drug-likeness (QED) is 0.242. The molecule has 0 unspecified atom stereocenters. The molecule has 11 heteroatoms. The highest BCUT2D eigenvalue weighted by atomic mass is 35.5. The van der Waals surface area contributed by atoms with Gasteiger partial charge in [0.2, 0.25) is 0 Å². The number of pyridine rings is 2. The second kappa shape index (κ2) is 11.7. The lowest BCUT2D eigenvalue weighted by Gasteiger charge is -2.25. The van der Waals surface area contributed by atoms with Gasteiger partial charge in [-0.1, -0.05) is 24.3 Å². The molecule has 42 heavy (non-hydrogen) atoms. The minimum absolute atomic E-state index is 0. The second-order valence-electron chi connectivity index (χ2n) is 10.5. The minimum Gasteiger partial charge on any atom is -0.478 e. The van der Waals surface area contributed by atoms with Gasteiger partial charge < -0.3 is 20.5 Å². The average Bonchev–Trinajstić information content (AvgIpc) is 3.49. The van der Waals surface area contributed by atoms with Crippen LogP contribution < -0.4 is 10.6 Å². The number of aromatic carboxylic acids is 1. The number of aromatic nitrogens is 2. The Hall–Kier alpha value is -4.57. The maximum atomic E-state index is 13.1. The predicted molar refractivity (Wildman–Crippen MR) is 156 cm³/mol. The number of halogens is 3. The van der Waals surface area contributed by atoms with E-state index in [-0.39, 0.29) is 35.1 Å². The van der Waals surface area contributed by atoms with Crippen LogP contribution in [-0.2, 0) is 28.7 Å². The number of esters is 1. The number of benzene rings is 2. The molecule has 0 saturated heterocycles. The number of nitrogens with zero attached hydrogens (tertiary/aromatic N) is 2. The Morgan fingerprint density at radius 1 is 0.786 bits per heavy atom. The van der Waals surface area contributed by atoms with Crippen molar-refractivity contribution in [2.75, 3.05) is 17.7 Å². The number of nitrogens with one attached hydrogen (secondary N) is 2. The Labute approximate surface area is 247 Å². The van der Waals surface area contributed by atoms with E-state index in [1.807, 2.05) is 13.8 Å². The predicted octanol–water partition coefficient (Wildman–Crippen LogP) is 6.11. The van der Waals surface area contributed by atoms with Gasteiger partial charge in [-0.05, 0) is 72.5 Å². The largest absolute Gasteiger partial charge is 0.478 e. The molecule has 2 atom stereocenters. The monoisotopic (exact) mass is 594 g/mol. The summed E-state index contributed by atoms with van der Waals surface area (Å²) in [4.78, 5) is 31.0. The summed E-state index contributed by atoms with van der Waals surface area (Å²) >= 11 is 0. The molecule has 4 aromatic rings. The summed E-state index contributed by atoms with van der Waals surface area (Å²) in [6.07, 6.45) is 4.12. The number of rotatable bonds is 4. The lowest BCUT2D eigenvalue weighted by Crippen LogP contribution is -2.29. The van der Waals surface area contributed by atoms with Crippen LogP contribution in [0.2, 0.25) is 0 Å². The third-order valence-electron chi connectivity index (χ3n) is 7.44. The fourth-order valence-electron chi connectivity index (χ4n) is 5.22. The third kappa shape index (κ3) is 6.03. The first-order chi connectivity index (χ1) is 19.5. The molecule has 2 aromatic carbocycles. The van der Waals surface area contributed by atoms with Crippen LogP contribution in [0.4, 0.5) is 20.4 Å². The summed E-state index contributed by atoms with van der Waals surface area (Å²) in [5.41, 5.74) is 3.56. The Bertz CT molecular complexity index is 1640. The first-order valence-electron chi connectivity index (χ1n) is 12.9. The Morgan fingerprint density at radius 3 is 1.60 bits per heavy atom. The summed E-state index contributed by atoms with van der Waals surface area (Å²) in [5, 5.41) is 15.6. The molecule has 0 bridgehead atoms. The van der Waals surface area contributed by atoms with Crippen LogP contribution in [0.15, 0.2) is 73.1 Å². The summed E-state index contributed by atoms with van der Waals surface area (Å²) in [5.74, 6) is -0.504. The Balaban J connectivity index is 0.000000189. The number of hydrogen-bond acceptors (Lipinski definition) is 7. The fraction of sp³-hybridized carbons (Fsp3) is 0.226. The number of carbonyl (C=O) groups is 2. The number of ether oxygens (including phenoxy) is 1. The van der Waals surface area contributed by atoms with Gasteiger partial charge in [-0.15, -0.1) is 12.4 Å². The van der Waals surface area contributed by atoms with Gasteiger partial charge in [0.15, 0.2) is 0 Å². The van der Waals surface area contributed by atoms with Gasteiger partial charge in [0.25, 0.3) is 0 Å². The first kappa shape index (κ1) is 30.4. The van der Waals surface area contributed by atoms with Crippen LogP contribution in [0.1, 0.15) is 56.8 Å². The lowest BCUT2D eigenvalue weighted by molar-refractivity contribution is 0.0599. The lowest BCUT2D eigenvalue weighted by atomic mass is 9.89. The molecule has 4 heterocycles. The maximum absolute atomic E-state index is 13.1. The van der Waals surface area contributed by atoms with Crippen molar-refractivity contribution in [1.29, 1.82) is 0 Å². The minimum atomic E-state index is -0.990. The molecule has 0 amide bonds. The molecule has 2 aromatic heterocycles. The van der Waals surface area contributed by atoms with Crippen LogP contribution in [-0.4, -0.2) is 34.1 Å². The summed E-state index contributed by atoms with van der Waals surface area (Å²) in [6, 6.07) is 16.1. The average molecular weight is 595 g/mol. The van der Waals surface area contributed by atoms with Crippen LogP contribution >= 0.6 is 12.4 Å². The highest BCUT2D eigenvalue weighted by molar-refractivity contribution is 5.90. The van der Waals surface area contributed by atoms with Crippen molar-refractivity contribution in [3.05, 3.63) is 118 Å². The van der Waals surface area contributed by atoms with E-state index < -0.39 is 17.5 Å². The number of carboxylic acids is 1. The number of carboxylic acid groups (broad SMARTS) is 1. The van der Waals surface area contributed by atoms with Gasteiger partial charge in [0.1, 0.15) is 23.3 Å². The number of anilines is 2. The van der Waals surface area contributed by atoms with Crippen LogP contribution in [0, 0.1) is 11.6 Å². The molecule has 6 rings (SSSR count). The molecule has 0 fully saturated rings. The van der Waals surface area contributed by atoms with E-state index in [4.69, 9.17) is 9.84 Å². The van der Waals surface area contributed by atoms with Crippen molar-refractivity contribution in [1.82, 2.24) is 9.97 Å². The molecule has 0 saturated carbocycles. The fourth-order valence-corrected chi connectivity index (χ4v) is 5.22. The zero-order valence-corrected chi connectivity index (χ0v) is 23.9. The van der Waals surface area contributed by atoms with Crippen LogP contribution in [0.3, 0.4) is 0 Å². The zero-order chi connectivity index (χ0) is 29.4. The smallest absolute Gasteiger partial charge is 0.339 e. The SMILES string of the molecule is COC(=O)c1cnc2c(c1)C[C@](C)(c1ccc(F)cc1)N2.C[C@]1(c2ccc(F)cc2)Cc2cc(C(=O)O)cnc2N1.Cl. The summed E-state index contributed by atoms with van der Waals surface area (Å²) in [6.45, 7) is 4.02. The van der Waals surface area contributed by atoms with Gasteiger partial charge in [0.05, 0.1) is 29.3 Å². The van der Waals surface area contributed by atoms with Crippen molar-refractivity contribution in [3.63, 3.8) is 0 Å². The van der Waals surface area contributed by atoms with E-state index in [1.165, 1.54) is 43.8 Å². The number of methoxy groups -OCH3 is 1. The van der Waals surface area contributed by atoms with E-state index in [1.54, 1.807) is 36.4 Å². The molecule has 0 aliphatic carbocycles. The van der Waals surface area contributed by atoms with Gasteiger partial charge in [-0.25, -0.2) is 28.3 Å². The summed E-state index contributed by atoms with van der Waals surface area (Å²) in [7, 11) is 1.34. The first-order valence-corrected chi connectivity index (χ1v) is 12.9. The van der Waals surface area contributed by atoms with E-state index in [0.29, 0.717) is 24.2 Å². The number of carbonyl (C=O) groups excluding carboxylic acids is 1. The third-order valence-corrected chi connectivity index (χ3v) is 7.44. The molecule has 2 aliphatic heterocycles. The molecular weight excluding hydrogens is 566 g/mol. The van der Waals surface area contributed by atoms with Gasteiger partial charge in [-0.2, -0.15) is 0 Å². The van der Waals surface area contributed by atoms with E-state index >= 15 is 0 Å². The standard InChI is InChI=1S/C16H15FN2O2.C15H13FN2O2.ClH/c1-16(12-3-5-13(17)6-4-12)8-10-7-11(15(20)21-2)9-18-14(10)19-16;1-15(11-2-4-12(16)5-3-11)7-9-6-10(14(19)20)8-17-13(9)18-15;/h3-7,9H,8H2,1-2H3,(H,18,19);2-6,8H,7H2,1H3,(H,17,18)(H,19,20);1H/t16-;15-;/m11./s1. The topological polar surface area (TPSA) is 113 Å². The normalized spacial score (nSPS) is 19.5. The van der Waals surface area contributed by atoms with Gasteiger partial charge in [-0.3, -0.25) is 0 Å². The van der Waals surface area contributed by atoms with E-state index in [2.05, 4.69) is 20.6 Å². The highest BCUT2D eigenvalue weighted by Crippen LogP contribution is 2.39. The molecule has 3 N–H and O–H groups in total. The van der Waals surface area contributed by atoms with E-state index in [0.717, 1.165) is 28.1 Å².